The highest BCUT2D eigenvalue weighted by molar-refractivity contribution is 5.95. The van der Waals surface area contributed by atoms with Gasteiger partial charge in [-0.1, -0.05) is 0 Å². The lowest BCUT2D eigenvalue weighted by Gasteiger charge is -2.17. The monoisotopic (exact) mass is 355 g/mol. The third kappa shape index (κ3) is 3.67. The minimum absolute atomic E-state index is 0.0449. The number of carboxylic acid groups (broad SMARTS) is 1. The second-order valence-corrected chi connectivity index (χ2v) is 6.40. The van der Waals surface area contributed by atoms with E-state index >= 15 is 0 Å². The average molecular weight is 355 g/mol. The highest BCUT2D eigenvalue weighted by atomic mass is 19.3. The Bertz CT molecular complexity index is 677. The van der Waals surface area contributed by atoms with Crippen LogP contribution in [0.3, 0.4) is 0 Å². The summed E-state index contributed by atoms with van der Waals surface area (Å²) in [6.07, 6.45) is 1.98. The second kappa shape index (κ2) is 6.85. The van der Waals surface area contributed by atoms with Crippen molar-refractivity contribution in [1.82, 2.24) is 4.90 Å². The van der Waals surface area contributed by atoms with Crippen LogP contribution >= 0.6 is 0 Å². The van der Waals surface area contributed by atoms with E-state index in [0.29, 0.717) is 12.5 Å². The molecule has 0 aromatic heterocycles. The molecule has 1 heterocycles. The molecule has 2 atom stereocenters. The van der Waals surface area contributed by atoms with Gasteiger partial charge in [0.25, 0.3) is 5.91 Å². The zero-order valence-corrected chi connectivity index (χ0v) is 13.7. The molecule has 2 fully saturated rings. The van der Waals surface area contributed by atoms with Gasteiger partial charge in [0.15, 0.2) is 11.5 Å². The fourth-order valence-corrected chi connectivity index (χ4v) is 3.44. The summed E-state index contributed by atoms with van der Waals surface area (Å²) in [5.41, 5.74) is 0.164. The fourth-order valence-electron chi connectivity index (χ4n) is 3.44. The van der Waals surface area contributed by atoms with Gasteiger partial charge >= 0.3 is 12.6 Å². The van der Waals surface area contributed by atoms with Crippen molar-refractivity contribution < 1.29 is 33.0 Å². The predicted molar refractivity (Wildman–Crippen MR) is 82.9 cm³/mol. The number of nitrogens with zero attached hydrogens (tertiary/aromatic N) is 1. The highest BCUT2D eigenvalue weighted by Gasteiger charge is 2.47. The van der Waals surface area contributed by atoms with Crippen LogP contribution in [0.25, 0.3) is 0 Å². The third-order valence-electron chi connectivity index (χ3n) is 4.82. The Morgan fingerprint density at radius 3 is 2.52 bits per heavy atom. The second-order valence-electron chi connectivity index (χ2n) is 6.40. The number of hydrogen-bond acceptors (Lipinski definition) is 4. The Kier molecular flexibility index (Phi) is 4.78. The number of carboxylic acids is 1. The number of rotatable bonds is 6. The van der Waals surface area contributed by atoms with E-state index in [1.807, 2.05) is 0 Å². The first-order valence-electron chi connectivity index (χ1n) is 8.05. The van der Waals surface area contributed by atoms with E-state index < -0.39 is 24.4 Å². The molecule has 3 rings (SSSR count). The van der Waals surface area contributed by atoms with Crippen LogP contribution in [0.1, 0.15) is 23.2 Å². The molecule has 1 aromatic rings. The van der Waals surface area contributed by atoms with E-state index in [2.05, 4.69) is 4.74 Å². The van der Waals surface area contributed by atoms with E-state index in [9.17, 15) is 23.5 Å². The van der Waals surface area contributed by atoms with E-state index in [0.717, 1.165) is 12.8 Å². The van der Waals surface area contributed by atoms with Gasteiger partial charge in [0.1, 0.15) is 0 Å². The molecule has 1 aliphatic heterocycles. The lowest BCUT2D eigenvalue weighted by Crippen LogP contribution is -2.30. The summed E-state index contributed by atoms with van der Waals surface area (Å²) >= 11 is 0. The zero-order valence-electron chi connectivity index (χ0n) is 13.7. The van der Waals surface area contributed by atoms with Crippen LogP contribution in [0.4, 0.5) is 8.78 Å². The maximum Gasteiger partial charge on any atom is 0.387 e. The molecule has 8 heteroatoms. The summed E-state index contributed by atoms with van der Waals surface area (Å²) in [6.45, 7) is -2.54. The molecule has 1 aromatic carbocycles. The molecule has 6 nitrogen and oxygen atoms in total. The van der Waals surface area contributed by atoms with Gasteiger partial charge in [0.2, 0.25) is 0 Å². The van der Waals surface area contributed by atoms with E-state index in [1.54, 1.807) is 0 Å². The Balaban J connectivity index is 1.79. The van der Waals surface area contributed by atoms with Gasteiger partial charge in [-0.3, -0.25) is 9.59 Å². The third-order valence-corrected chi connectivity index (χ3v) is 4.82. The number of amides is 1. The molecule has 2 aliphatic rings. The SMILES string of the molecule is COc1ccc(C(=O)N2C[C@H](C(=O)O)[C@@H](C3CC3)C2)cc1OC(F)F. The predicted octanol–water partition coefficient (Wildman–Crippen LogP) is 2.48. The van der Waals surface area contributed by atoms with Crippen LogP contribution in [-0.2, 0) is 4.79 Å². The number of ether oxygens (including phenoxy) is 2. The summed E-state index contributed by atoms with van der Waals surface area (Å²) in [7, 11) is 1.31. The van der Waals surface area contributed by atoms with Gasteiger partial charge in [-0.05, 0) is 42.9 Å². The molecule has 1 amide bonds. The summed E-state index contributed by atoms with van der Waals surface area (Å²) in [6, 6.07) is 4.04. The van der Waals surface area contributed by atoms with Crippen molar-refractivity contribution in [3.8, 4) is 11.5 Å². The van der Waals surface area contributed by atoms with E-state index in [1.165, 1.54) is 30.2 Å². The Labute approximate surface area is 143 Å². The summed E-state index contributed by atoms with van der Waals surface area (Å²) < 4.78 is 34.4. The van der Waals surface area contributed by atoms with Gasteiger partial charge in [0.05, 0.1) is 13.0 Å². The van der Waals surface area contributed by atoms with Crippen LogP contribution in [0.2, 0.25) is 0 Å². The van der Waals surface area contributed by atoms with Crippen LogP contribution < -0.4 is 9.47 Å². The quantitative estimate of drug-likeness (QED) is 0.848. The molecule has 25 heavy (non-hydrogen) atoms. The van der Waals surface area contributed by atoms with Crippen LogP contribution in [0.5, 0.6) is 11.5 Å². The van der Waals surface area contributed by atoms with Gasteiger partial charge < -0.3 is 19.5 Å². The summed E-state index contributed by atoms with van der Waals surface area (Å²) in [4.78, 5) is 25.6. The summed E-state index contributed by atoms with van der Waals surface area (Å²) in [5.74, 6) is -1.69. The normalized spacial score (nSPS) is 23.0. The fraction of sp³-hybridized carbons (Fsp3) is 0.529. The molecular formula is C17H19F2NO5. The molecule has 1 aliphatic carbocycles. The first kappa shape index (κ1) is 17.4. The van der Waals surface area contributed by atoms with Gasteiger partial charge in [-0.15, -0.1) is 0 Å². The highest BCUT2D eigenvalue weighted by Crippen LogP contribution is 2.44. The Morgan fingerprint density at radius 1 is 1.24 bits per heavy atom. The van der Waals surface area contributed by atoms with Crippen molar-refractivity contribution in [3.63, 3.8) is 0 Å². The maximum absolute atomic E-state index is 12.7. The summed E-state index contributed by atoms with van der Waals surface area (Å²) in [5, 5.41) is 9.38. The molecule has 1 saturated carbocycles. The molecule has 0 spiro atoms. The van der Waals surface area contributed by atoms with E-state index in [-0.39, 0.29) is 29.5 Å². The minimum Gasteiger partial charge on any atom is -0.493 e. The van der Waals surface area contributed by atoms with Gasteiger partial charge in [0, 0.05) is 18.7 Å². The lowest BCUT2D eigenvalue weighted by atomic mass is 9.92. The number of alkyl halides is 2. The van der Waals surface area contributed by atoms with Crippen molar-refractivity contribution >= 4 is 11.9 Å². The molecule has 136 valence electrons. The number of benzene rings is 1. The number of aliphatic carboxylic acids is 1. The van der Waals surface area contributed by atoms with Crippen molar-refractivity contribution in [3.05, 3.63) is 23.8 Å². The van der Waals surface area contributed by atoms with Crippen LogP contribution in [-0.4, -0.2) is 48.7 Å². The molecule has 0 bridgehead atoms. The lowest BCUT2D eigenvalue weighted by molar-refractivity contribution is -0.142. The average Bonchev–Trinajstić information content (AvgIpc) is 3.31. The zero-order chi connectivity index (χ0) is 18.1. The number of carbonyl (C=O) groups excluding carboxylic acids is 1. The first-order chi connectivity index (χ1) is 11.9. The van der Waals surface area contributed by atoms with Crippen LogP contribution in [0, 0.1) is 17.8 Å². The number of methoxy groups -OCH3 is 1. The van der Waals surface area contributed by atoms with Crippen molar-refractivity contribution in [1.29, 1.82) is 0 Å². The molecule has 1 N–H and O–H groups in total. The van der Waals surface area contributed by atoms with Gasteiger partial charge in [-0.2, -0.15) is 8.78 Å². The molecular weight excluding hydrogens is 336 g/mol. The van der Waals surface area contributed by atoms with Crippen molar-refractivity contribution in [2.24, 2.45) is 17.8 Å². The smallest absolute Gasteiger partial charge is 0.387 e. The number of likely N-dealkylation sites (tertiary alicyclic amines) is 1. The topological polar surface area (TPSA) is 76.1 Å². The largest absolute Gasteiger partial charge is 0.493 e. The minimum atomic E-state index is -3.04. The molecule has 0 unspecified atom stereocenters. The maximum atomic E-state index is 12.7. The number of hydrogen-bond donors (Lipinski definition) is 1. The van der Waals surface area contributed by atoms with Crippen LogP contribution in [0.15, 0.2) is 18.2 Å². The van der Waals surface area contributed by atoms with E-state index in [4.69, 9.17) is 4.74 Å². The standard InChI is InChI=1S/C17H19F2NO5/c1-24-13-5-4-10(6-14(13)25-17(18)19)15(21)20-7-11(9-2-3-9)12(8-20)16(22)23/h4-6,9,11-12,17H,2-3,7-8H2,1H3,(H,22,23)/t11-,12+/m1/s1. The number of halogens is 2. The number of carbonyl (C=O) groups is 2. The van der Waals surface area contributed by atoms with Crippen molar-refractivity contribution in [2.45, 2.75) is 19.5 Å². The van der Waals surface area contributed by atoms with Crippen molar-refractivity contribution in [2.75, 3.05) is 20.2 Å². The Hall–Kier alpha value is -2.38. The first-order valence-corrected chi connectivity index (χ1v) is 8.05. The molecule has 0 radical (unpaired) electrons. The Morgan fingerprint density at radius 2 is 1.96 bits per heavy atom. The molecule has 1 saturated heterocycles. The van der Waals surface area contributed by atoms with Gasteiger partial charge in [-0.25, -0.2) is 0 Å².